The first-order chi connectivity index (χ1) is 22.5. The van der Waals surface area contributed by atoms with Gasteiger partial charge in [-0.15, -0.1) is 0 Å². The molecule has 0 aromatic rings. The first kappa shape index (κ1) is 40.8. The van der Waals surface area contributed by atoms with Crippen molar-refractivity contribution in [1.82, 2.24) is 0 Å². The van der Waals surface area contributed by atoms with Crippen molar-refractivity contribution in [1.29, 1.82) is 0 Å². The maximum Gasteiger partial charge on any atom is 0.303 e. The van der Waals surface area contributed by atoms with Crippen molar-refractivity contribution in [3.63, 3.8) is 0 Å². The van der Waals surface area contributed by atoms with E-state index < -0.39 is 116 Å². The number of alkyl halides is 1. The minimum Gasteiger partial charge on any atom is -0.463 e. The molecule has 2 aliphatic heterocycles. The Hall–Kier alpha value is -3.39. The summed E-state index contributed by atoms with van der Waals surface area (Å²) >= 11 is 3.29. The highest BCUT2D eigenvalue weighted by atomic mass is 79.9. The molecule has 272 valence electrons. The lowest BCUT2D eigenvalue weighted by molar-refractivity contribution is -0.361. The minimum absolute atomic E-state index is 0.103. The van der Waals surface area contributed by atoms with E-state index in [1.165, 1.54) is 0 Å². The molecule has 0 radical (unpaired) electrons. The summed E-state index contributed by atoms with van der Waals surface area (Å²) in [5.74, 6) is -5.74. The minimum atomic E-state index is -1.76. The monoisotopic (exact) mass is 756 g/mol. The van der Waals surface area contributed by atoms with Crippen LogP contribution in [0.5, 0.6) is 0 Å². The van der Waals surface area contributed by atoms with Gasteiger partial charge in [-0.3, -0.25) is 33.6 Å². The SMILES string of the molecule is CC(=O)OCC1OC(OC2C(COC(C)=O)OC(OCCCBr)C(OC(C)=O)C2OC(C)=O)C(OC(C)=O)C(OC(C)=O)C1OC(C)=O. The molecule has 0 aliphatic carbocycles. The number of halogens is 1. The van der Waals surface area contributed by atoms with E-state index in [1.807, 2.05) is 0 Å². The molecule has 2 aliphatic rings. The van der Waals surface area contributed by atoms with Crippen molar-refractivity contribution in [3.05, 3.63) is 0 Å². The molecule has 0 spiro atoms. The summed E-state index contributed by atoms with van der Waals surface area (Å²) in [6.07, 6.45) is -14.6. The van der Waals surface area contributed by atoms with E-state index in [1.54, 1.807) is 0 Å². The van der Waals surface area contributed by atoms with Gasteiger partial charge in [0.1, 0.15) is 31.5 Å². The Balaban J connectivity index is 2.71. The van der Waals surface area contributed by atoms with E-state index in [9.17, 15) is 33.6 Å². The molecule has 48 heavy (non-hydrogen) atoms. The summed E-state index contributed by atoms with van der Waals surface area (Å²) < 4.78 is 61.8. The van der Waals surface area contributed by atoms with Gasteiger partial charge < -0.3 is 52.1 Å². The van der Waals surface area contributed by atoms with Crippen LogP contribution in [0.3, 0.4) is 0 Å². The molecule has 0 N–H and O–H groups in total. The number of carbonyl (C=O) groups is 7. The Morgan fingerprint density at radius 1 is 0.500 bits per heavy atom. The van der Waals surface area contributed by atoms with Gasteiger partial charge in [0.15, 0.2) is 43.1 Å². The summed E-state index contributed by atoms with van der Waals surface area (Å²) in [6, 6.07) is 0. The zero-order valence-corrected chi connectivity index (χ0v) is 29.1. The number of rotatable bonds is 15. The maximum atomic E-state index is 12.4. The van der Waals surface area contributed by atoms with Crippen LogP contribution in [0.2, 0.25) is 0 Å². The molecule has 0 bridgehead atoms. The van der Waals surface area contributed by atoms with Gasteiger partial charge >= 0.3 is 41.8 Å². The van der Waals surface area contributed by atoms with Crippen LogP contribution in [0.1, 0.15) is 54.9 Å². The Kier molecular flexibility index (Phi) is 16.6. The van der Waals surface area contributed by atoms with Crippen molar-refractivity contribution >= 4 is 57.7 Å². The molecule has 19 heteroatoms. The van der Waals surface area contributed by atoms with Crippen molar-refractivity contribution < 1.29 is 85.7 Å². The van der Waals surface area contributed by atoms with Gasteiger partial charge in [-0.25, -0.2) is 0 Å². The second-order valence-electron chi connectivity index (χ2n) is 10.6. The van der Waals surface area contributed by atoms with Gasteiger partial charge in [0.05, 0.1) is 6.61 Å². The van der Waals surface area contributed by atoms with E-state index in [4.69, 9.17) is 52.1 Å². The molecule has 10 unspecified atom stereocenters. The van der Waals surface area contributed by atoms with Crippen LogP contribution in [0.25, 0.3) is 0 Å². The van der Waals surface area contributed by atoms with E-state index in [-0.39, 0.29) is 6.61 Å². The van der Waals surface area contributed by atoms with Crippen LogP contribution in [0.15, 0.2) is 0 Å². The van der Waals surface area contributed by atoms with Crippen LogP contribution >= 0.6 is 15.9 Å². The number of carbonyl (C=O) groups excluding carboxylic acids is 7. The van der Waals surface area contributed by atoms with Crippen LogP contribution < -0.4 is 0 Å². The third kappa shape index (κ3) is 12.9. The molecule has 18 nitrogen and oxygen atoms in total. The van der Waals surface area contributed by atoms with Gasteiger partial charge in [0, 0.05) is 53.8 Å². The summed E-state index contributed by atoms with van der Waals surface area (Å²) in [5.41, 5.74) is 0. The Labute approximate surface area is 284 Å². The predicted octanol–water partition coefficient (Wildman–Crippen LogP) is 0.408. The highest BCUT2D eigenvalue weighted by molar-refractivity contribution is 9.09. The van der Waals surface area contributed by atoms with Gasteiger partial charge in [-0.1, -0.05) is 15.9 Å². The normalized spacial score (nSPS) is 29.8. The molecule has 2 saturated heterocycles. The lowest BCUT2D eigenvalue weighted by atomic mass is 9.96. The molecule has 10 atom stereocenters. The van der Waals surface area contributed by atoms with Crippen molar-refractivity contribution in [3.8, 4) is 0 Å². The van der Waals surface area contributed by atoms with Gasteiger partial charge in [0.25, 0.3) is 0 Å². The van der Waals surface area contributed by atoms with Crippen molar-refractivity contribution in [2.45, 2.75) is 116 Å². The van der Waals surface area contributed by atoms with Crippen LogP contribution in [-0.2, 0) is 85.7 Å². The fourth-order valence-corrected chi connectivity index (χ4v) is 5.09. The molecular formula is C29H41BrO18. The fourth-order valence-electron chi connectivity index (χ4n) is 4.86. The molecule has 0 aromatic carbocycles. The average Bonchev–Trinajstić information content (AvgIpc) is 2.95. The lowest BCUT2D eigenvalue weighted by Gasteiger charge is -2.48. The molecule has 0 amide bonds. The Morgan fingerprint density at radius 2 is 0.875 bits per heavy atom. The number of esters is 7. The zero-order valence-electron chi connectivity index (χ0n) is 27.5. The third-order valence-electron chi connectivity index (χ3n) is 6.45. The maximum absolute atomic E-state index is 12.4. The quantitative estimate of drug-likeness (QED) is 0.0955. The summed E-state index contributed by atoms with van der Waals surface area (Å²) in [7, 11) is 0. The smallest absolute Gasteiger partial charge is 0.303 e. The lowest BCUT2D eigenvalue weighted by Crippen LogP contribution is -2.67. The topological polar surface area (TPSA) is 221 Å². The second kappa shape index (κ2) is 19.6. The van der Waals surface area contributed by atoms with Gasteiger partial charge in [0.2, 0.25) is 0 Å². The standard InChI is InChI=1S/C29H41BrO18/c1-13(31)39-11-20-22(41-15(3)33)24(42-16(4)34)27(45-19(7)37)29(47-20)48-23-21(12-40-14(2)32)46-28(38-10-8-9-30)26(44-18(6)36)25(23)43-17(5)35/h20-29H,8-12H2,1-7H3. The highest BCUT2D eigenvalue weighted by Crippen LogP contribution is 2.35. The highest BCUT2D eigenvalue weighted by Gasteiger charge is 2.57. The van der Waals surface area contributed by atoms with Crippen molar-refractivity contribution in [2.75, 3.05) is 25.2 Å². The molecule has 2 heterocycles. The van der Waals surface area contributed by atoms with E-state index >= 15 is 0 Å². The predicted molar refractivity (Wildman–Crippen MR) is 158 cm³/mol. The number of hydrogen-bond acceptors (Lipinski definition) is 18. The largest absolute Gasteiger partial charge is 0.463 e. The first-order valence-corrected chi connectivity index (χ1v) is 15.9. The van der Waals surface area contributed by atoms with Crippen LogP contribution in [0, 0.1) is 0 Å². The van der Waals surface area contributed by atoms with Gasteiger partial charge in [-0.05, 0) is 6.42 Å². The Bertz CT molecular complexity index is 1160. The molecule has 2 fully saturated rings. The number of ether oxygens (including phenoxy) is 11. The molecular weight excluding hydrogens is 716 g/mol. The zero-order chi connectivity index (χ0) is 36.1. The Morgan fingerprint density at radius 3 is 1.31 bits per heavy atom. The van der Waals surface area contributed by atoms with Crippen molar-refractivity contribution in [2.24, 2.45) is 0 Å². The van der Waals surface area contributed by atoms with Gasteiger partial charge in [-0.2, -0.15) is 0 Å². The first-order valence-electron chi connectivity index (χ1n) is 14.8. The van der Waals surface area contributed by atoms with E-state index in [0.29, 0.717) is 11.8 Å². The summed E-state index contributed by atoms with van der Waals surface area (Å²) in [4.78, 5) is 84.8. The van der Waals surface area contributed by atoms with Crippen LogP contribution in [0.4, 0.5) is 0 Å². The molecule has 0 aromatic heterocycles. The van der Waals surface area contributed by atoms with Crippen LogP contribution in [-0.4, -0.2) is 128 Å². The fraction of sp³-hybridized carbons (Fsp3) is 0.759. The van der Waals surface area contributed by atoms with E-state index in [2.05, 4.69) is 15.9 Å². The summed E-state index contributed by atoms with van der Waals surface area (Å²) in [5, 5.41) is 0.552. The number of hydrogen-bond donors (Lipinski definition) is 0. The van der Waals surface area contributed by atoms with E-state index in [0.717, 1.165) is 48.5 Å². The third-order valence-corrected chi connectivity index (χ3v) is 7.01. The summed E-state index contributed by atoms with van der Waals surface area (Å²) in [6.45, 7) is 6.60. The molecule has 2 rings (SSSR count). The average molecular weight is 758 g/mol. The molecule has 0 saturated carbocycles. The second-order valence-corrected chi connectivity index (χ2v) is 11.4.